The fraction of sp³-hybridized carbons (Fsp3) is 0.111. The van der Waals surface area contributed by atoms with E-state index in [0.29, 0.717) is 11.7 Å². The number of rotatable bonds is 4. The van der Waals surface area contributed by atoms with Gasteiger partial charge < -0.3 is 9.26 Å². The van der Waals surface area contributed by atoms with Crippen LogP contribution < -0.4 is 4.74 Å². The van der Waals surface area contributed by atoms with E-state index in [9.17, 15) is 0 Å². The molecule has 0 aliphatic heterocycles. The summed E-state index contributed by atoms with van der Waals surface area (Å²) in [6, 6.07) is 15.8. The van der Waals surface area contributed by atoms with Gasteiger partial charge in [0, 0.05) is 17.2 Å². The minimum atomic E-state index is 0.461. The molecule has 0 spiro atoms. The van der Waals surface area contributed by atoms with E-state index < -0.39 is 0 Å². The van der Waals surface area contributed by atoms with Crippen LogP contribution in [0.5, 0.6) is 5.75 Å². The number of benzene rings is 2. The largest absolute Gasteiger partial charge is 0.496 e. The van der Waals surface area contributed by atoms with Crippen molar-refractivity contribution in [1.82, 2.24) is 10.1 Å². The van der Waals surface area contributed by atoms with Crippen LogP contribution in [-0.4, -0.2) is 17.3 Å². The highest BCUT2D eigenvalue weighted by atomic mass is 16.5. The summed E-state index contributed by atoms with van der Waals surface area (Å²) in [6.45, 7) is 2.03. The lowest BCUT2D eigenvalue weighted by atomic mass is 10.1. The molecule has 0 saturated heterocycles. The lowest BCUT2D eigenvalue weighted by Crippen LogP contribution is -1.85. The van der Waals surface area contributed by atoms with Gasteiger partial charge in [-0.2, -0.15) is 4.98 Å². The number of para-hydroxylation sites is 1. The van der Waals surface area contributed by atoms with E-state index in [1.54, 1.807) is 13.2 Å². The summed E-state index contributed by atoms with van der Waals surface area (Å²) in [5, 5.41) is 4.01. The van der Waals surface area contributed by atoms with Crippen molar-refractivity contribution in [3.05, 3.63) is 65.5 Å². The van der Waals surface area contributed by atoms with Crippen LogP contribution in [0.3, 0.4) is 0 Å². The standard InChI is InChI=1S/C18H16N2O2/c1-13-6-5-8-15(12-13)18-19-17(22-20-18)11-10-14-7-3-4-9-16(14)21-2/h3-12H,1-2H3/b11-10+. The third kappa shape index (κ3) is 3.06. The summed E-state index contributed by atoms with van der Waals surface area (Å²) >= 11 is 0. The average molecular weight is 292 g/mol. The van der Waals surface area contributed by atoms with Gasteiger partial charge in [-0.15, -0.1) is 0 Å². The van der Waals surface area contributed by atoms with E-state index in [2.05, 4.69) is 10.1 Å². The minimum absolute atomic E-state index is 0.461. The average Bonchev–Trinajstić information content (AvgIpc) is 3.02. The number of aryl methyl sites for hydroxylation is 1. The molecule has 4 heteroatoms. The minimum Gasteiger partial charge on any atom is -0.496 e. The molecule has 4 nitrogen and oxygen atoms in total. The molecule has 0 radical (unpaired) electrons. The molecule has 0 amide bonds. The van der Waals surface area contributed by atoms with E-state index >= 15 is 0 Å². The molecule has 0 N–H and O–H groups in total. The van der Waals surface area contributed by atoms with Crippen LogP contribution in [0.4, 0.5) is 0 Å². The maximum absolute atomic E-state index is 5.30. The molecular weight excluding hydrogens is 276 g/mol. The molecule has 0 atom stereocenters. The monoisotopic (exact) mass is 292 g/mol. The Kier molecular flexibility index (Phi) is 4.01. The normalized spacial score (nSPS) is 11.0. The van der Waals surface area contributed by atoms with Gasteiger partial charge in [-0.25, -0.2) is 0 Å². The first kappa shape index (κ1) is 14.1. The van der Waals surface area contributed by atoms with Crippen LogP contribution in [0.2, 0.25) is 0 Å². The van der Waals surface area contributed by atoms with Gasteiger partial charge in [0.05, 0.1) is 7.11 Å². The highest BCUT2D eigenvalue weighted by Crippen LogP contribution is 2.21. The number of ether oxygens (including phenoxy) is 1. The molecule has 0 saturated carbocycles. The lowest BCUT2D eigenvalue weighted by Gasteiger charge is -2.02. The van der Waals surface area contributed by atoms with Gasteiger partial charge in [0.15, 0.2) is 0 Å². The summed E-state index contributed by atoms with van der Waals surface area (Å²) in [4.78, 5) is 4.39. The van der Waals surface area contributed by atoms with Crippen molar-refractivity contribution in [3.63, 3.8) is 0 Å². The van der Waals surface area contributed by atoms with Gasteiger partial charge in [-0.3, -0.25) is 0 Å². The van der Waals surface area contributed by atoms with Gasteiger partial charge in [0.2, 0.25) is 5.82 Å². The van der Waals surface area contributed by atoms with Crippen molar-refractivity contribution in [2.24, 2.45) is 0 Å². The zero-order chi connectivity index (χ0) is 15.4. The molecule has 2 aromatic carbocycles. The van der Waals surface area contributed by atoms with Gasteiger partial charge in [-0.1, -0.05) is 47.1 Å². The molecule has 0 fully saturated rings. The lowest BCUT2D eigenvalue weighted by molar-refractivity contribution is 0.411. The molecule has 3 rings (SSSR count). The maximum atomic E-state index is 5.30. The van der Waals surface area contributed by atoms with E-state index in [1.807, 2.05) is 61.5 Å². The Morgan fingerprint density at radius 2 is 1.91 bits per heavy atom. The van der Waals surface area contributed by atoms with Crippen molar-refractivity contribution in [1.29, 1.82) is 0 Å². The Hall–Kier alpha value is -2.88. The quantitative estimate of drug-likeness (QED) is 0.722. The van der Waals surface area contributed by atoms with Crippen LogP contribution in [0.25, 0.3) is 23.5 Å². The van der Waals surface area contributed by atoms with E-state index in [-0.39, 0.29) is 0 Å². The van der Waals surface area contributed by atoms with E-state index in [1.165, 1.54) is 0 Å². The molecular formula is C18H16N2O2. The molecule has 1 heterocycles. The molecule has 0 unspecified atom stereocenters. The summed E-state index contributed by atoms with van der Waals surface area (Å²) in [7, 11) is 1.65. The van der Waals surface area contributed by atoms with E-state index in [4.69, 9.17) is 9.26 Å². The Morgan fingerprint density at radius 1 is 1.05 bits per heavy atom. The van der Waals surface area contributed by atoms with Crippen molar-refractivity contribution in [2.75, 3.05) is 7.11 Å². The van der Waals surface area contributed by atoms with Gasteiger partial charge in [-0.05, 0) is 25.1 Å². The van der Waals surface area contributed by atoms with Gasteiger partial charge in [0.25, 0.3) is 5.89 Å². The second-order valence-corrected chi connectivity index (χ2v) is 4.90. The molecule has 22 heavy (non-hydrogen) atoms. The van der Waals surface area contributed by atoms with Crippen LogP contribution >= 0.6 is 0 Å². The Labute approximate surface area is 129 Å². The molecule has 3 aromatic rings. The zero-order valence-electron chi connectivity index (χ0n) is 12.5. The third-order valence-electron chi connectivity index (χ3n) is 3.26. The second kappa shape index (κ2) is 6.26. The predicted molar refractivity (Wildman–Crippen MR) is 86.4 cm³/mol. The summed E-state index contributed by atoms with van der Waals surface area (Å²) in [6.07, 6.45) is 3.68. The zero-order valence-corrected chi connectivity index (χ0v) is 12.5. The highest BCUT2D eigenvalue weighted by Gasteiger charge is 2.06. The number of hydrogen-bond acceptors (Lipinski definition) is 4. The Bertz CT molecular complexity index is 806. The summed E-state index contributed by atoms with van der Waals surface area (Å²) < 4.78 is 10.6. The van der Waals surface area contributed by atoms with Crippen molar-refractivity contribution in [2.45, 2.75) is 6.92 Å². The fourth-order valence-electron chi connectivity index (χ4n) is 2.17. The molecule has 0 aliphatic carbocycles. The summed E-state index contributed by atoms with van der Waals surface area (Å²) in [5.74, 6) is 1.85. The first-order valence-corrected chi connectivity index (χ1v) is 6.98. The number of aromatic nitrogens is 2. The maximum Gasteiger partial charge on any atom is 0.250 e. The van der Waals surface area contributed by atoms with Crippen LogP contribution in [0, 0.1) is 6.92 Å². The number of hydrogen-bond donors (Lipinski definition) is 0. The Balaban J connectivity index is 1.84. The molecule has 0 aliphatic rings. The molecule has 0 bridgehead atoms. The molecule has 1 aromatic heterocycles. The molecule has 110 valence electrons. The fourth-order valence-corrected chi connectivity index (χ4v) is 2.17. The Morgan fingerprint density at radius 3 is 2.73 bits per heavy atom. The van der Waals surface area contributed by atoms with Crippen LogP contribution in [0.15, 0.2) is 53.1 Å². The van der Waals surface area contributed by atoms with Crippen molar-refractivity contribution in [3.8, 4) is 17.1 Å². The summed E-state index contributed by atoms with van der Waals surface area (Å²) in [5.41, 5.74) is 3.06. The van der Waals surface area contributed by atoms with Crippen molar-refractivity contribution < 1.29 is 9.26 Å². The number of methoxy groups -OCH3 is 1. The smallest absolute Gasteiger partial charge is 0.250 e. The first-order valence-electron chi connectivity index (χ1n) is 6.98. The predicted octanol–water partition coefficient (Wildman–Crippen LogP) is 4.22. The topological polar surface area (TPSA) is 48.2 Å². The van der Waals surface area contributed by atoms with Crippen LogP contribution in [0.1, 0.15) is 17.0 Å². The van der Waals surface area contributed by atoms with Gasteiger partial charge >= 0.3 is 0 Å². The van der Waals surface area contributed by atoms with Crippen molar-refractivity contribution >= 4 is 12.2 Å². The second-order valence-electron chi connectivity index (χ2n) is 4.90. The number of nitrogens with zero attached hydrogens (tertiary/aromatic N) is 2. The third-order valence-corrected chi connectivity index (χ3v) is 3.26. The first-order chi connectivity index (χ1) is 10.8. The van der Waals surface area contributed by atoms with E-state index in [0.717, 1.165) is 22.4 Å². The van der Waals surface area contributed by atoms with Gasteiger partial charge in [0.1, 0.15) is 5.75 Å². The van der Waals surface area contributed by atoms with Crippen LogP contribution in [-0.2, 0) is 0 Å². The highest BCUT2D eigenvalue weighted by molar-refractivity contribution is 5.70. The SMILES string of the molecule is COc1ccccc1/C=C/c1nc(-c2cccc(C)c2)no1.